The Morgan fingerprint density at radius 3 is 2.00 bits per heavy atom. The summed E-state index contributed by atoms with van der Waals surface area (Å²) in [6.07, 6.45) is 6.07. The molecule has 0 aromatic heterocycles. The number of methoxy groups -OCH3 is 1. The lowest BCUT2D eigenvalue weighted by Gasteiger charge is -2.25. The van der Waals surface area contributed by atoms with Crippen LogP contribution >= 0.6 is 0 Å². The summed E-state index contributed by atoms with van der Waals surface area (Å²) in [5, 5.41) is 3.04. The van der Waals surface area contributed by atoms with Gasteiger partial charge in [-0.25, -0.2) is 0 Å². The van der Waals surface area contributed by atoms with Gasteiger partial charge in [-0.2, -0.15) is 0 Å². The quantitative estimate of drug-likeness (QED) is 0.365. The minimum Gasteiger partial charge on any atom is -0.497 e. The highest BCUT2D eigenvalue weighted by atomic mass is 16.5. The standard InChI is InChI=1S/C15H21NO.C10H13NO.C5H12.2C2H6/c1-3-10-16-11-8-14(9-12-16)13-4-6-15(17-2)7-5-13;1-7-4-5-9(8(2)12)6-10(7)11-3;1-4-5(2)3;2*1-2/h4-8H,3,9-12H2,1-2H3;4-6,11H,1-3H3;5H,4H2,1-3H3;2*1-2H3. The number of carbonyl (C=O) groups excluding carboxylic acids is 1. The van der Waals surface area contributed by atoms with E-state index in [0.29, 0.717) is 0 Å². The van der Waals surface area contributed by atoms with Crippen molar-refractivity contribution >= 4 is 17.0 Å². The van der Waals surface area contributed by atoms with Gasteiger partial charge in [-0.05, 0) is 74.1 Å². The summed E-state index contributed by atoms with van der Waals surface area (Å²) in [6.45, 7) is 24.0. The average Bonchev–Trinajstić information content (AvgIpc) is 2.96. The first-order valence-corrected chi connectivity index (χ1v) is 14.6. The zero-order valence-corrected chi connectivity index (χ0v) is 26.7. The van der Waals surface area contributed by atoms with Crippen LogP contribution in [0.3, 0.4) is 0 Å². The number of aryl methyl sites for hydroxylation is 1. The molecule has 216 valence electrons. The van der Waals surface area contributed by atoms with Gasteiger partial charge >= 0.3 is 0 Å². The van der Waals surface area contributed by atoms with Crippen LogP contribution in [0.4, 0.5) is 5.69 Å². The van der Waals surface area contributed by atoms with Crippen molar-refractivity contribution in [3.05, 3.63) is 65.2 Å². The molecule has 1 aliphatic heterocycles. The normalized spacial score (nSPS) is 12.1. The van der Waals surface area contributed by atoms with Gasteiger partial charge in [-0.3, -0.25) is 9.69 Å². The van der Waals surface area contributed by atoms with Crippen LogP contribution in [0.25, 0.3) is 5.57 Å². The summed E-state index contributed by atoms with van der Waals surface area (Å²) in [4.78, 5) is 13.5. The molecule has 1 aliphatic rings. The molecule has 2 aromatic rings. The van der Waals surface area contributed by atoms with Gasteiger partial charge < -0.3 is 10.1 Å². The topological polar surface area (TPSA) is 41.6 Å². The maximum Gasteiger partial charge on any atom is 0.159 e. The predicted molar refractivity (Wildman–Crippen MR) is 171 cm³/mol. The van der Waals surface area contributed by atoms with Crippen molar-refractivity contribution in [3.8, 4) is 5.75 Å². The van der Waals surface area contributed by atoms with Gasteiger partial charge in [0.15, 0.2) is 5.78 Å². The van der Waals surface area contributed by atoms with Gasteiger partial charge in [0.1, 0.15) is 5.75 Å². The number of rotatable bonds is 7. The number of hydrogen-bond acceptors (Lipinski definition) is 4. The maximum absolute atomic E-state index is 11.0. The number of Topliss-reactive ketones (excluding diaryl/α,β-unsaturated/α-hetero) is 1. The third-order valence-electron chi connectivity index (χ3n) is 6.02. The molecule has 1 heterocycles. The molecule has 38 heavy (non-hydrogen) atoms. The molecule has 1 N–H and O–H groups in total. The molecule has 0 saturated carbocycles. The Morgan fingerprint density at radius 2 is 1.61 bits per heavy atom. The molecule has 0 saturated heterocycles. The second-order valence-corrected chi connectivity index (χ2v) is 9.15. The molecule has 0 unspecified atom stereocenters. The Bertz CT molecular complexity index is 886. The van der Waals surface area contributed by atoms with Crippen LogP contribution in [0, 0.1) is 12.8 Å². The molecule has 2 aromatic carbocycles. The molecule has 0 atom stereocenters. The third-order valence-corrected chi connectivity index (χ3v) is 6.02. The van der Waals surface area contributed by atoms with Gasteiger partial charge in [-0.15, -0.1) is 0 Å². The second-order valence-electron chi connectivity index (χ2n) is 9.15. The minimum atomic E-state index is 0.103. The molecular weight excluding hydrogens is 468 g/mol. The van der Waals surface area contributed by atoms with Crippen molar-refractivity contribution in [1.82, 2.24) is 4.90 Å². The van der Waals surface area contributed by atoms with Crippen LogP contribution in [0.5, 0.6) is 5.75 Å². The van der Waals surface area contributed by atoms with Crippen molar-refractivity contribution in [2.24, 2.45) is 5.92 Å². The van der Waals surface area contributed by atoms with E-state index in [9.17, 15) is 4.79 Å². The number of hydrogen-bond donors (Lipinski definition) is 1. The maximum atomic E-state index is 11.0. The fourth-order valence-corrected chi connectivity index (χ4v) is 3.41. The molecule has 0 fully saturated rings. The van der Waals surface area contributed by atoms with Crippen LogP contribution < -0.4 is 10.1 Å². The van der Waals surface area contributed by atoms with E-state index in [-0.39, 0.29) is 5.78 Å². The monoisotopic (exact) mass is 526 g/mol. The van der Waals surface area contributed by atoms with Crippen molar-refractivity contribution < 1.29 is 9.53 Å². The average molecular weight is 527 g/mol. The Balaban J connectivity index is 0. The van der Waals surface area contributed by atoms with Crippen molar-refractivity contribution in [2.45, 2.75) is 88.5 Å². The smallest absolute Gasteiger partial charge is 0.159 e. The highest BCUT2D eigenvalue weighted by Crippen LogP contribution is 2.24. The van der Waals surface area contributed by atoms with Crippen LogP contribution in [-0.4, -0.2) is 44.5 Å². The molecular formula is C34H58N2O2. The number of nitrogens with zero attached hydrogens (tertiary/aromatic N) is 1. The van der Waals surface area contributed by atoms with Gasteiger partial charge in [-0.1, -0.05) is 92.2 Å². The summed E-state index contributed by atoms with van der Waals surface area (Å²) in [7, 11) is 3.56. The van der Waals surface area contributed by atoms with Crippen molar-refractivity contribution in [1.29, 1.82) is 0 Å². The zero-order chi connectivity index (χ0) is 29.5. The van der Waals surface area contributed by atoms with Crippen molar-refractivity contribution in [3.63, 3.8) is 0 Å². The van der Waals surface area contributed by atoms with Gasteiger partial charge in [0.25, 0.3) is 0 Å². The number of ketones is 1. The lowest BCUT2D eigenvalue weighted by molar-refractivity contribution is 0.101. The van der Waals surface area contributed by atoms with Crippen LogP contribution in [0.15, 0.2) is 48.5 Å². The highest BCUT2D eigenvalue weighted by molar-refractivity contribution is 5.95. The number of anilines is 1. The highest BCUT2D eigenvalue weighted by Gasteiger charge is 2.11. The lowest BCUT2D eigenvalue weighted by Crippen LogP contribution is -2.29. The van der Waals surface area contributed by atoms with Crippen LogP contribution in [0.2, 0.25) is 0 Å². The molecule has 0 spiro atoms. The molecule has 4 heteroatoms. The Morgan fingerprint density at radius 1 is 1.03 bits per heavy atom. The summed E-state index contributed by atoms with van der Waals surface area (Å²) in [5.74, 6) is 1.92. The largest absolute Gasteiger partial charge is 0.497 e. The van der Waals surface area contributed by atoms with Crippen LogP contribution in [0.1, 0.15) is 103 Å². The van der Waals surface area contributed by atoms with E-state index < -0.39 is 0 Å². The molecule has 3 rings (SSSR count). The first-order valence-electron chi connectivity index (χ1n) is 14.6. The predicted octanol–water partition coefficient (Wildman–Crippen LogP) is 9.54. The van der Waals surface area contributed by atoms with E-state index in [4.69, 9.17) is 4.74 Å². The number of ether oxygens (including phenoxy) is 1. The van der Waals surface area contributed by atoms with Gasteiger partial charge in [0, 0.05) is 31.4 Å². The molecule has 0 radical (unpaired) electrons. The lowest BCUT2D eigenvalue weighted by atomic mass is 9.99. The van der Waals surface area contributed by atoms with Crippen LogP contribution in [-0.2, 0) is 0 Å². The second kappa shape index (κ2) is 23.5. The molecule has 4 nitrogen and oxygen atoms in total. The fourth-order valence-electron chi connectivity index (χ4n) is 3.41. The van der Waals surface area contributed by atoms with E-state index in [1.807, 2.05) is 72.0 Å². The molecule has 0 aliphatic carbocycles. The number of nitrogens with one attached hydrogen (secondary N) is 1. The first-order chi connectivity index (χ1) is 18.2. The number of benzene rings is 2. The Hall–Kier alpha value is -2.59. The fraction of sp³-hybridized carbons (Fsp3) is 0.559. The van der Waals surface area contributed by atoms with Gasteiger partial charge in [0.2, 0.25) is 0 Å². The summed E-state index contributed by atoms with van der Waals surface area (Å²) in [5.41, 5.74) is 5.73. The Labute approximate surface area is 235 Å². The van der Waals surface area contributed by atoms with E-state index >= 15 is 0 Å². The van der Waals surface area contributed by atoms with Gasteiger partial charge in [0.05, 0.1) is 7.11 Å². The third kappa shape index (κ3) is 15.6. The van der Waals surface area contributed by atoms with E-state index in [2.05, 4.69) is 56.1 Å². The summed E-state index contributed by atoms with van der Waals surface area (Å²) in [6, 6.07) is 14.0. The van der Waals surface area contributed by atoms with E-state index in [1.165, 1.54) is 37.1 Å². The van der Waals surface area contributed by atoms with Crippen molar-refractivity contribution in [2.75, 3.05) is 39.1 Å². The SMILES string of the molecule is CC.CC.CCC(C)C.CCCN1CC=C(c2ccc(OC)cc2)CC1.CNc1cc(C(C)=O)ccc1C. The zero-order valence-electron chi connectivity index (χ0n) is 26.7. The molecule has 0 bridgehead atoms. The van der Waals surface area contributed by atoms with E-state index in [0.717, 1.165) is 41.4 Å². The first kappa shape index (κ1) is 37.6. The molecule has 0 amide bonds. The number of carbonyl (C=O) groups is 1. The summed E-state index contributed by atoms with van der Waals surface area (Å²) >= 11 is 0. The van der Waals surface area contributed by atoms with E-state index in [1.54, 1.807) is 14.0 Å². The summed E-state index contributed by atoms with van der Waals surface area (Å²) < 4.78 is 5.18. The Kier molecular flexibility index (Phi) is 23.2. The minimum absolute atomic E-state index is 0.103.